The van der Waals surface area contributed by atoms with Crippen molar-refractivity contribution in [3.8, 4) is 96.6 Å². The van der Waals surface area contributed by atoms with Crippen LogP contribution in [0.25, 0.3) is 98.4 Å². The third kappa shape index (κ3) is 4.39. The molecule has 0 bridgehead atoms. The summed E-state index contributed by atoms with van der Waals surface area (Å²) < 4.78 is 6.41. The van der Waals surface area contributed by atoms with Crippen molar-refractivity contribution in [3.63, 3.8) is 0 Å². The standard InChI is InChI=1S/C46H28O12/c47-36-31(32-33(39(50)43(54)42(53)38(32)49)37(48)34(36)35-40(51)44(55)46(57)45(56)41(35)52)30-24-11-5-3-9-22(24)29(23-10-4-6-12-25(23)30)20-13-14-21-26-15-18-7-1-2-8-19(18)16-28(26)58-27(21)17-20/h1-17,47-57H. The van der Waals surface area contributed by atoms with Gasteiger partial charge in [0.25, 0.3) is 0 Å². The molecule has 0 aliphatic heterocycles. The fourth-order valence-corrected chi connectivity index (χ4v) is 8.38. The second kappa shape index (κ2) is 11.8. The SMILES string of the molecule is Oc1c(O)c(O)c(-c2c(O)c(-c3c4ccccc4c(-c4ccc5c(c4)oc4cc6ccccc6cc45)c4ccccc34)c3c(O)c(O)c(O)c(O)c3c2O)c(O)c1O. The number of rotatable bonds is 3. The number of phenolic OH excluding ortho intramolecular Hbond substituents is 11. The minimum atomic E-state index is -1.33. The zero-order valence-electron chi connectivity index (χ0n) is 29.6. The van der Waals surface area contributed by atoms with E-state index in [1.807, 2.05) is 60.7 Å². The lowest BCUT2D eigenvalue weighted by Gasteiger charge is -2.23. The lowest BCUT2D eigenvalue weighted by atomic mass is 9.82. The second-order valence-electron chi connectivity index (χ2n) is 14.1. The number of aromatic hydroxyl groups is 11. The molecule has 0 aliphatic rings. The van der Waals surface area contributed by atoms with E-state index in [0.717, 1.165) is 32.7 Å². The monoisotopic (exact) mass is 772 g/mol. The molecule has 12 nitrogen and oxygen atoms in total. The molecule has 1 aromatic heterocycles. The quantitative estimate of drug-likeness (QED) is 0.0457. The van der Waals surface area contributed by atoms with Gasteiger partial charge < -0.3 is 60.6 Å². The van der Waals surface area contributed by atoms with Gasteiger partial charge in [0.1, 0.15) is 22.7 Å². The summed E-state index contributed by atoms with van der Waals surface area (Å²) in [4.78, 5) is 0. The Hall–Kier alpha value is -8.38. The molecule has 0 atom stereocenters. The molecular formula is C46H28O12. The Morgan fingerprint density at radius 1 is 0.276 bits per heavy atom. The van der Waals surface area contributed by atoms with Crippen LogP contribution in [0.3, 0.4) is 0 Å². The van der Waals surface area contributed by atoms with E-state index < -0.39 is 85.1 Å². The Morgan fingerprint density at radius 3 is 1.31 bits per heavy atom. The molecule has 0 aliphatic carbocycles. The average molecular weight is 773 g/mol. The molecule has 58 heavy (non-hydrogen) atoms. The second-order valence-corrected chi connectivity index (χ2v) is 14.1. The zero-order valence-corrected chi connectivity index (χ0v) is 29.6. The van der Waals surface area contributed by atoms with Crippen molar-refractivity contribution in [2.24, 2.45) is 0 Å². The predicted octanol–water partition coefficient (Wildman–Crippen LogP) is 9.96. The van der Waals surface area contributed by atoms with E-state index in [1.54, 1.807) is 36.4 Å². The molecule has 11 N–H and O–H groups in total. The summed E-state index contributed by atoms with van der Waals surface area (Å²) in [6.07, 6.45) is 0. The molecule has 0 spiro atoms. The summed E-state index contributed by atoms with van der Waals surface area (Å²) in [5, 5.41) is 126. The van der Waals surface area contributed by atoms with Crippen LogP contribution in [0.5, 0.6) is 63.2 Å². The van der Waals surface area contributed by atoms with E-state index in [-0.39, 0.29) is 11.1 Å². The van der Waals surface area contributed by atoms with Crippen molar-refractivity contribution in [3.05, 3.63) is 103 Å². The first-order valence-electron chi connectivity index (χ1n) is 17.7. The summed E-state index contributed by atoms with van der Waals surface area (Å²) in [6, 6.07) is 32.0. The highest BCUT2D eigenvalue weighted by atomic mass is 16.4. The lowest BCUT2D eigenvalue weighted by Crippen LogP contribution is -1.95. The van der Waals surface area contributed by atoms with Gasteiger partial charge in [0, 0.05) is 27.3 Å². The van der Waals surface area contributed by atoms with Crippen LogP contribution in [0.4, 0.5) is 0 Å². The Labute approximate surface area is 324 Å². The van der Waals surface area contributed by atoms with Crippen molar-refractivity contribution in [2.45, 2.75) is 0 Å². The minimum Gasteiger partial charge on any atom is -0.506 e. The molecule has 0 amide bonds. The Balaban J connectivity index is 1.36. The molecule has 10 aromatic rings. The summed E-state index contributed by atoms with van der Waals surface area (Å²) in [6.45, 7) is 0. The van der Waals surface area contributed by atoms with E-state index in [9.17, 15) is 56.2 Å². The number of furan rings is 1. The van der Waals surface area contributed by atoms with E-state index in [4.69, 9.17) is 4.42 Å². The van der Waals surface area contributed by atoms with E-state index in [2.05, 4.69) is 6.07 Å². The first-order chi connectivity index (χ1) is 27.9. The molecule has 0 unspecified atom stereocenters. The van der Waals surface area contributed by atoms with Gasteiger partial charge in [0.15, 0.2) is 23.0 Å². The molecule has 1 heterocycles. The summed E-state index contributed by atoms with van der Waals surface area (Å²) in [7, 11) is 0. The maximum Gasteiger partial charge on any atom is 0.208 e. The van der Waals surface area contributed by atoms with Crippen LogP contribution in [-0.2, 0) is 0 Å². The van der Waals surface area contributed by atoms with E-state index in [0.29, 0.717) is 32.7 Å². The molecule has 0 saturated carbocycles. The van der Waals surface area contributed by atoms with Gasteiger partial charge in [0.05, 0.1) is 16.5 Å². The van der Waals surface area contributed by atoms with Gasteiger partial charge in [0.2, 0.25) is 28.7 Å². The predicted molar refractivity (Wildman–Crippen MR) is 218 cm³/mol. The van der Waals surface area contributed by atoms with Crippen LogP contribution >= 0.6 is 0 Å². The normalized spacial score (nSPS) is 11.9. The highest BCUT2D eigenvalue weighted by Crippen LogP contribution is 2.65. The fraction of sp³-hybridized carbons (Fsp3) is 0. The van der Waals surface area contributed by atoms with E-state index >= 15 is 0 Å². The maximum absolute atomic E-state index is 12.4. The Kier molecular flexibility index (Phi) is 6.95. The number of hydrogen-bond acceptors (Lipinski definition) is 12. The van der Waals surface area contributed by atoms with Gasteiger partial charge >= 0.3 is 0 Å². The fourth-order valence-electron chi connectivity index (χ4n) is 8.38. The molecule has 0 saturated heterocycles. The molecule has 0 radical (unpaired) electrons. The number of fused-ring (bicyclic) bond motifs is 7. The van der Waals surface area contributed by atoms with Gasteiger partial charge in [-0.1, -0.05) is 78.9 Å². The lowest BCUT2D eigenvalue weighted by molar-refractivity contribution is 0.329. The summed E-state index contributed by atoms with van der Waals surface area (Å²) in [5.74, 6) is -13.4. The number of benzene rings is 9. The third-order valence-corrected chi connectivity index (χ3v) is 11.0. The van der Waals surface area contributed by atoms with E-state index in [1.165, 1.54) is 0 Å². The number of phenols is 11. The number of hydrogen-bond donors (Lipinski definition) is 11. The third-order valence-electron chi connectivity index (χ3n) is 11.0. The first kappa shape index (κ1) is 34.1. The van der Waals surface area contributed by atoms with Crippen LogP contribution in [-0.4, -0.2) is 56.2 Å². The van der Waals surface area contributed by atoms with Crippen molar-refractivity contribution in [1.29, 1.82) is 0 Å². The molecule has 0 fully saturated rings. The Bertz CT molecular complexity index is 3390. The molecule has 9 aromatic carbocycles. The largest absolute Gasteiger partial charge is 0.506 e. The van der Waals surface area contributed by atoms with Gasteiger partial charge in [-0.25, -0.2) is 0 Å². The van der Waals surface area contributed by atoms with Crippen molar-refractivity contribution in [1.82, 2.24) is 0 Å². The highest BCUT2D eigenvalue weighted by molar-refractivity contribution is 6.27. The Morgan fingerprint density at radius 2 is 0.724 bits per heavy atom. The molecule has 12 heteroatoms. The maximum atomic E-state index is 12.4. The topological polar surface area (TPSA) is 236 Å². The van der Waals surface area contributed by atoms with Gasteiger partial charge in [-0.15, -0.1) is 0 Å². The molecule has 10 rings (SSSR count). The first-order valence-corrected chi connectivity index (χ1v) is 17.7. The van der Waals surface area contributed by atoms with Crippen LogP contribution in [0.2, 0.25) is 0 Å². The van der Waals surface area contributed by atoms with Gasteiger partial charge in [-0.3, -0.25) is 0 Å². The zero-order chi connectivity index (χ0) is 40.5. The van der Waals surface area contributed by atoms with Crippen LogP contribution < -0.4 is 0 Å². The smallest absolute Gasteiger partial charge is 0.208 e. The summed E-state index contributed by atoms with van der Waals surface area (Å²) in [5.41, 5.74) is 0.716. The van der Waals surface area contributed by atoms with Gasteiger partial charge in [-0.2, -0.15) is 0 Å². The van der Waals surface area contributed by atoms with Crippen molar-refractivity contribution in [2.75, 3.05) is 0 Å². The molecular weight excluding hydrogens is 744 g/mol. The van der Waals surface area contributed by atoms with Crippen LogP contribution in [0, 0.1) is 0 Å². The highest BCUT2D eigenvalue weighted by Gasteiger charge is 2.35. The van der Waals surface area contributed by atoms with Crippen LogP contribution in [0.15, 0.2) is 108 Å². The van der Waals surface area contributed by atoms with Gasteiger partial charge in [-0.05, 0) is 67.7 Å². The summed E-state index contributed by atoms with van der Waals surface area (Å²) >= 11 is 0. The van der Waals surface area contributed by atoms with Crippen molar-refractivity contribution >= 4 is 65.0 Å². The minimum absolute atomic E-state index is 0.154. The molecule has 284 valence electrons. The van der Waals surface area contributed by atoms with Crippen LogP contribution in [0.1, 0.15) is 0 Å². The van der Waals surface area contributed by atoms with Crippen molar-refractivity contribution < 1.29 is 60.6 Å². The average Bonchev–Trinajstić information content (AvgIpc) is 3.59.